The number of primary amides is 1. The first kappa shape index (κ1) is 17.4. The lowest BCUT2D eigenvalue weighted by Gasteiger charge is -2.33. The van der Waals surface area contributed by atoms with Gasteiger partial charge in [0.15, 0.2) is 6.10 Å². The average molecular weight is 350 g/mol. The molecule has 0 spiro atoms. The van der Waals surface area contributed by atoms with Gasteiger partial charge in [-0.3, -0.25) is 9.59 Å². The van der Waals surface area contributed by atoms with Gasteiger partial charge in [0.1, 0.15) is 0 Å². The number of hydrogen-bond donors (Lipinski definition) is 1. The highest BCUT2D eigenvalue weighted by molar-refractivity contribution is 7.14. The van der Waals surface area contributed by atoms with Crippen LogP contribution in [0, 0.1) is 11.3 Å². The summed E-state index contributed by atoms with van der Waals surface area (Å²) in [5, 5.41) is 0. The summed E-state index contributed by atoms with van der Waals surface area (Å²) in [4.78, 5) is 27.9. The van der Waals surface area contributed by atoms with Crippen LogP contribution >= 0.6 is 11.3 Å². The van der Waals surface area contributed by atoms with Gasteiger partial charge in [0.2, 0.25) is 5.91 Å². The van der Waals surface area contributed by atoms with Crippen LogP contribution < -0.4 is 5.73 Å². The van der Waals surface area contributed by atoms with E-state index < -0.39 is 12.0 Å². The van der Waals surface area contributed by atoms with Crippen molar-refractivity contribution in [2.75, 3.05) is 19.7 Å². The summed E-state index contributed by atoms with van der Waals surface area (Å²) in [7, 11) is 0. The fourth-order valence-corrected chi connectivity index (χ4v) is 4.71. The molecule has 2 N–H and O–H groups in total. The first-order valence-electron chi connectivity index (χ1n) is 8.57. The number of aryl methyl sites for hydroxylation is 1. The van der Waals surface area contributed by atoms with Crippen LogP contribution in [0.25, 0.3) is 0 Å². The quantitative estimate of drug-likeness (QED) is 0.889. The zero-order valence-electron chi connectivity index (χ0n) is 14.6. The van der Waals surface area contributed by atoms with Crippen molar-refractivity contribution < 1.29 is 14.3 Å². The molecule has 2 aliphatic rings. The van der Waals surface area contributed by atoms with Crippen LogP contribution in [0.2, 0.25) is 0 Å². The molecule has 2 heterocycles. The monoisotopic (exact) mass is 350 g/mol. The molecule has 1 fully saturated rings. The van der Waals surface area contributed by atoms with Crippen molar-refractivity contribution in [1.29, 1.82) is 0 Å². The Balaban J connectivity index is 1.74. The minimum atomic E-state index is -0.692. The second-order valence-electron chi connectivity index (χ2n) is 7.88. The van der Waals surface area contributed by atoms with Crippen LogP contribution in [0.1, 0.15) is 47.3 Å². The van der Waals surface area contributed by atoms with Crippen LogP contribution in [-0.2, 0) is 22.4 Å². The molecular weight excluding hydrogens is 324 g/mol. The summed E-state index contributed by atoms with van der Waals surface area (Å²) in [5.41, 5.74) is 6.93. The maximum absolute atomic E-state index is 12.8. The maximum Gasteiger partial charge on any atom is 0.264 e. The second-order valence-corrected chi connectivity index (χ2v) is 9.01. The zero-order valence-corrected chi connectivity index (χ0v) is 15.4. The smallest absolute Gasteiger partial charge is 0.264 e. The number of morpholine rings is 1. The molecule has 0 bridgehead atoms. The summed E-state index contributed by atoms with van der Waals surface area (Å²) in [5.74, 6) is 0.146. The van der Waals surface area contributed by atoms with Gasteiger partial charge in [-0.1, -0.05) is 20.8 Å². The molecule has 1 aromatic rings. The van der Waals surface area contributed by atoms with Crippen molar-refractivity contribution in [3.8, 4) is 0 Å². The number of nitrogens with two attached hydrogens (primary N) is 1. The van der Waals surface area contributed by atoms with Gasteiger partial charge >= 0.3 is 0 Å². The van der Waals surface area contributed by atoms with Crippen LogP contribution in [0.3, 0.4) is 0 Å². The SMILES string of the molecule is CC(C)(C)C1CCc2sc(C(=O)N3CCOC(C(N)=O)C3)cc2C1. The molecule has 0 saturated carbocycles. The molecule has 1 aliphatic heterocycles. The van der Waals surface area contributed by atoms with Gasteiger partial charge in [-0.2, -0.15) is 0 Å². The van der Waals surface area contributed by atoms with E-state index in [1.54, 1.807) is 16.2 Å². The van der Waals surface area contributed by atoms with E-state index in [2.05, 4.69) is 26.8 Å². The van der Waals surface area contributed by atoms with E-state index in [4.69, 9.17) is 10.5 Å². The molecular formula is C18H26N2O3S. The standard InChI is InChI=1S/C18H26N2O3S/c1-18(2,3)12-4-5-14-11(8-12)9-15(24-14)17(22)20-6-7-23-13(10-20)16(19)21/h9,12-13H,4-8,10H2,1-3H3,(H2,19,21). The van der Waals surface area contributed by atoms with Gasteiger partial charge in [-0.25, -0.2) is 0 Å². The summed E-state index contributed by atoms with van der Waals surface area (Å²) in [6.07, 6.45) is 2.60. The normalized spacial score (nSPS) is 24.5. The Morgan fingerprint density at radius 1 is 1.38 bits per heavy atom. The Labute approximate surface area is 147 Å². The zero-order chi connectivity index (χ0) is 17.5. The number of rotatable bonds is 2. The minimum absolute atomic E-state index is 0.00346. The predicted octanol–water partition coefficient (Wildman–Crippen LogP) is 2.23. The molecule has 3 rings (SSSR count). The average Bonchev–Trinajstić information content (AvgIpc) is 2.96. The Bertz CT molecular complexity index is 647. The van der Waals surface area contributed by atoms with Crippen molar-refractivity contribution in [2.45, 2.75) is 46.1 Å². The first-order chi connectivity index (χ1) is 11.3. The molecule has 0 radical (unpaired) electrons. The summed E-state index contributed by atoms with van der Waals surface area (Å²) in [6, 6.07) is 2.06. The van der Waals surface area contributed by atoms with Crippen molar-refractivity contribution in [3.05, 3.63) is 21.4 Å². The lowest BCUT2D eigenvalue weighted by atomic mass is 9.72. The predicted molar refractivity (Wildman–Crippen MR) is 94.1 cm³/mol. The van der Waals surface area contributed by atoms with E-state index >= 15 is 0 Å². The Hall–Kier alpha value is -1.40. The molecule has 2 amide bonds. The molecule has 5 nitrogen and oxygen atoms in total. The summed E-state index contributed by atoms with van der Waals surface area (Å²) >= 11 is 1.61. The number of ether oxygens (including phenoxy) is 1. The lowest BCUT2D eigenvalue weighted by Crippen LogP contribution is -2.50. The Morgan fingerprint density at radius 2 is 2.12 bits per heavy atom. The highest BCUT2D eigenvalue weighted by Gasteiger charge is 2.32. The number of nitrogens with zero attached hydrogens (tertiary/aromatic N) is 1. The van der Waals surface area contributed by atoms with Gasteiger partial charge in [-0.05, 0) is 42.2 Å². The third-order valence-electron chi connectivity index (χ3n) is 5.19. The molecule has 0 aromatic carbocycles. The fourth-order valence-electron chi connectivity index (χ4n) is 3.53. The van der Waals surface area contributed by atoms with E-state index in [1.165, 1.54) is 16.9 Å². The highest BCUT2D eigenvalue weighted by atomic mass is 32.1. The van der Waals surface area contributed by atoms with Crippen molar-refractivity contribution in [1.82, 2.24) is 4.90 Å². The van der Waals surface area contributed by atoms with Gasteiger partial charge in [0.25, 0.3) is 5.91 Å². The second kappa shape index (κ2) is 6.48. The van der Waals surface area contributed by atoms with Gasteiger partial charge in [-0.15, -0.1) is 11.3 Å². The molecule has 1 saturated heterocycles. The van der Waals surface area contributed by atoms with Crippen molar-refractivity contribution >= 4 is 23.2 Å². The maximum atomic E-state index is 12.8. The highest BCUT2D eigenvalue weighted by Crippen LogP contribution is 2.40. The third kappa shape index (κ3) is 3.49. The number of hydrogen-bond acceptors (Lipinski definition) is 4. The molecule has 24 heavy (non-hydrogen) atoms. The van der Waals surface area contributed by atoms with E-state index in [1.807, 2.05) is 0 Å². The van der Waals surface area contributed by atoms with Gasteiger partial charge in [0, 0.05) is 11.4 Å². The molecule has 132 valence electrons. The first-order valence-corrected chi connectivity index (χ1v) is 9.39. The molecule has 6 heteroatoms. The molecule has 2 atom stereocenters. The third-order valence-corrected chi connectivity index (χ3v) is 6.41. The van der Waals surface area contributed by atoms with Crippen LogP contribution in [-0.4, -0.2) is 42.5 Å². The van der Waals surface area contributed by atoms with Crippen LogP contribution in [0.5, 0.6) is 0 Å². The van der Waals surface area contributed by atoms with Crippen molar-refractivity contribution in [2.24, 2.45) is 17.1 Å². The number of carbonyl (C=O) groups is 2. The topological polar surface area (TPSA) is 72.6 Å². The van der Waals surface area contributed by atoms with Gasteiger partial charge in [0.05, 0.1) is 18.0 Å². The van der Waals surface area contributed by atoms with E-state index in [-0.39, 0.29) is 12.5 Å². The van der Waals surface area contributed by atoms with Crippen LogP contribution in [0.4, 0.5) is 0 Å². The number of fused-ring (bicyclic) bond motifs is 1. The van der Waals surface area contributed by atoms with E-state index in [9.17, 15) is 9.59 Å². The summed E-state index contributed by atoms with van der Waals surface area (Å²) < 4.78 is 5.32. The lowest BCUT2D eigenvalue weighted by molar-refractivity contribution is -0.133. The van der Waals surface area contributed by atoms with Gasteiger partial charge < -0.3 is 15.4 Å². The fraction of sp³-hybridized carbons (Fsp3) is 0.667. The Morgan fingerprint density at radius 3 is 2.79 bits per heavy atom. The van der Waals surface area contributed by atoms with Crippen LogP contribution in [0.15, 0.2) is 6.07 Å². The van der Waals surface area contributed by atoms with Crippen molar-refractivity contribution in [3.63, 3.8) is 0 Å². The molecule has 1 aliphatic carbocycles. The van der Waals surface area contributed by atoms with E-state index in [0.717, 1.165) is 17.7 Å². The molecule has 1 aromatic heterocycles. The minimum Gasteiger partial charge on any atom is -0.367 e. The Kier molecular flexibility index (Phi) is 4.71. The number of carbonyl (C=O) groups excluding carboxylic acids is 2. The number of amides is 2. The number of thiophene rings is 1. The molecule has 2 unspecified atom stereocenters. The largest absolute Gasteiger partial charge is 0.367 e. The summed E-state index contributed by atoms with van der Waals surface area (Å²) in [6.45, 7) is 7.99. The van der Waals surface area contributed by atoms with E-state index in [0.29, 0.717) is 24.5 Å².